The van der Waals surface area contributed by atoms with Gasteiger partial charge < -0.3 is 15.1 Å². The number of benzene rings is 2. The predicted molar refractivity (Wildman–Crippen MR) is 94.8 cm³/mol. The molecule has 26 heavy (non-hydrogen) atoms. The minimum absolute atomic E-state index is 0.0832. The first-order valence-electron chi connectivity index (χ1n) is 7.59. The lowest BCUT2D eigenvalue weighted by Crippen LogP contribution is -2.18. The Bertz CT molecular complexity index is 800. The number of nitrogens with zero attached hydrogens (tertiary/aromatic N) is 2. The summed E-state index contributed by atoms with van der Waals surface area (Å²) in [7, 11) is 4.78. The molecule has 8 heteroatoms. The number of alkyl halides is 3. The van der Waals surface area contributed by atoms with Gasteiger partial charge in [-0.15, -0.1) is 0 Å². The second kappa shape index (κ2) is 7.90. The van der Waals surface area contributed by atoms with Crippen molar-refractivity contribution in [3.8, 4) is 0 Å². The Morgan fingerprint density at radius 2 is 1.81 bits per heavy atom. The molecular formula is C18H18F3N3O2. The largest absolute Gasteiger partial charge is 0.416 e. The number of halogens is 3. The summed E-state index contributed by atoms with van der Waals surface area (Å²) in [6.45, 7) is 0. The van der Waals surface area contributed by atoms with Crippen LogP contribution >= 0.6 is 0 Å². The zero-order chi connectivity index (χ0) is 19.3. The lowest BCUT2D eigenvalue weighted by Gasteiger charge is -2.20. The molecule has 1 amide bonds. The van der Waals surface area contributed by atoms with Crippen molar-refractivity contribution in [2.75, 3.05) is 31.4 Å². The number of hydrogen-bond donors (Lipinski definition) is 1. The molecule has 0 aliphatic carbocycles. The summed E-state index contributed by atoms with van der Waals surface area (Å²) in [5.74, 6) is -0.511. The molecule has 2 aromatic carbocycles. The third-order valence-electron chi connectivity index (χ3n) is 3.53. The van der Waals surface area contributed by atoms with Crippen molar-refractivity contribution in [3.05, 3.63) is 59.2 Å². The summed E-state index contributed by atoms with van der Waals surface area (Å²) < 4.78 is 38.9. The van der Waals surface area contributed by atoms with Gasteiger partial charge in [-0.05, 0) is 35.9 Å². The van der Waals surface area contributed by atoms with Crippen LogP contribution in [0, 0.1) is 0 Å². The highest BCUT2D eigenvalue weighted by Gasteiger charge is 2.31. The van der Waals surface area contributed by atoms with Gasteiger partial charge in [0.15, 0.2) is 0 Å². The van der Waals surface area contributed by atoms with E-state index in [1.807, 2.05) is 0 Å². The summed E-state index contributed by atoms with van der Waals surface area (Å²) in [5.41, 5.74) is 0.748. The van der Waals surface area contributed by atoms with Gasteiger partial charge in [0.05, 0.1) is 23.2 Å². The number of carbonyl (C=O) groups excluding carboxylic acids is 1. The Balaban J connectivity index is 2.28. The van der Waals surface area contributed by atoms with E-state index in [4.69, 9.17) is 0 Å². The fraction of sp³-hybridized carbons (Fsp3) is 0.222. The zero-order valence-corrected chi connectivity index (χ0v) is 14.5. The molecule has 1 N–H and O–H groups in total. The van der Waals surface area contributed by atoms with E-state index in [1.54, 1.807) is 43.3 Å². The van der Waals surface area contributed by atoms with Gasteiger partial charge in [0.25, 0.3) is 5.91 Å². The topological polar surface area (TPSA) is 53.9 Å². The monoisotopic (exact) mass is 365 g/mol. The van der Waals surface area contributed by atoms with E-state index >= 15 is 0 Å². The van der Waals surface area contributed by atoms with Gasteiger partial charge in [0, 0.05) is 19.7 Å². The normalized spacial score (nSPS) is 11.5. The van der Waals surface area contributed by atoms with Crippen LogP contribution < -0.4 is 10.2 Å². The van der Waals surface area contributed by atoms with Crippen molar-refractivity contribution in [1.29, 1.82) is 0 Å². The molecule has 138 valence electrons. The molecule has 2 rings (SSSR count). The molecule has 2 aromatic rings. The molecule has 0 aliphatic heterocycles. The van der Waals surface area contributed by atoms with Crippen LogP contribution in [0.25, 0.3) is 0 Å². The van der Waals surface area contributed by atoms with Crippen LogP contribution in [0.3, 0.4) is 0 Å². The van der Waals surface area contributed by atoms with Crippen molar-refractivity contribution in [3.63, 3.8) is 0 Å². The molecule has 0 spiro atoms. The second-order valence-corrected chi connectivity index (χ2v) is 5.62. The first kappa shape index (κ1) is 19.3. The molecule has 5 nitrogen and oxygen atoms in total. The highest BCUT2D eigenvalue weighted by Crippen LogP contribution is 2.35. The van der Waals surface area contributed by atoms with Crippen LogP contribution in [0.5, 0.6) is 0 Å². The Kier molecular flexibility index (Phi) is 5.86. The van der Waals surface area contributed by atoms with E-state index in [0.717, 1.165) is 17.7 Å². The van der Waals surface area contributed by atoms with Crippen molar-refractivity contribution < 1.29 is 22.8 Å². The van der Waals surface area contributed by atoms with Crippen molar-refractivity contribution in [1.82, 2.24) is 0 Å². The highest BCUT2D eigenvalue weighted by molar-refractivity contribution is 6.06. The molecule has 0 fully saturated rings. The lowest BCUT2D eigenvalue weighted by atomic mass is 10.1. The molecule has 0 atom stereocenters. The SMILES string of the molecule is CO/N=C/c1ccc(C(=O)Nc2cc(C(F)(F)F)ccc2N(C)C)cc1. The van der Waals surface area contributed by atoms with E-state index < -0.39 is 17.6 Å². The average Bonchev–Trinajstić information content (AvgIpc) is 2.59. The van der Waals surface area contributed by atoms with Gasteiger partial charge in [-0.25, -0.2) is 0 Å². The molecule has 0 heterocycles. The van der Waals surface area contributed by atoms with Gasteiger partial charge in [-0.2, -0.15) is 13.2 Å². The van der Waals surface area contributed by atoms with Gasteiger partial charge in [0.2, 0.25) is 0 Å². The third-order valence-corrected chi connectivity index (χ3v) is 3.53. The van der Waals surface area contributed by atoms with Gasteiger partial charge in [-0.3, -0.25) is 4.79 Å². The Hall–Kier alpha value is -3.03. The number of nitrogens with one attached hydrogen (secondary N) is 1. The first-order valence-corrected chi connectivity index (χ1v) is 7.59. The van der Waals surface area contributed by atoms with E-state index in [2.05, 4.69) is 15.3 Å². The zero-order valence-electron chi connectivity index (χ0n) is 14.5. The smallest absolute Gasteiger partial charge is 0.399 e. The van der Waals surface area contributed by atoms with Gasteiger partial charge in [-0.1, -0.05) is 17.3 Å². The average molecular weight is 365 g/mol. The Morgan fingerprint density at radius 3 is 2.35 bits per heavy atom. The molecule has 0 saturated heterocycles. The molecular weight excluding hydrogens is 347 g/mol. The number of rotatable bonds is 5. The summed E-state index contributed by atoms with van der Waals surface area (Å²) in [4.78, 5) is 18.6. The minimum atomic E-state index is -4.49. The van der Waals surface area contributed by atoms with Crippen molar-refractivity contribution in [2.24, 2.45) is 5.16 Å². The fourth-order valence-electron chi connectivity index (χ4n) is 2.23. The molecule has 0 aromatic heterocycles. The Morgan fingerprint density at radius 1 is 1.15 bits per heavy atom. The van der Waals surface area contributed by atoms with E-state index in [1.165, 1.54) is 19.4 Å². The number of oxime groups is 1. The van der Waals surface area contributed by atoms with Crippen LogP contribution in [-0.2, 0) is 11.0 Å². The summed E-state index contributed by atoms with van der Waals surface area (Å²) in [5, 5.41) is 6.15. The van der Waals surface area contributed by atoms with Crippen molar-refractivity contribution in [2.45, 2.75) is 6.18 Å². The number of amides is 1. The summed E-state index contributed by atoms with van der Waals surface area (Å²) >= 11 is 0. The second-order valence-electron chi connectivity index (χ2n) is 5.62. The predicted octanol–water partition coefficient (Wildman–Crippen LogP) is 4.00. The fourth-order valence-corrected chi connectivity index (χ4v) is 2.23. The molecule has 0 radical (unpaired) electrons. The quantitative estimate of drug-likeness (QED) is 0.644. The highest BCUT2D eigenvalue weighted by atomic mass is 19.4. The standard InChI is InChI=1S/C18H18F3N3O2/c1-24(2)16-9-8-14(18(19,20)21)10-15(16)23-17(25)13-6-4-12(5-7-13)11-22-26-3/h4-11H,1-3H3,(H,23,25)/b22-11+. The van der Waals surface area contributed by atoms with E-state index in [9.17, 15) is 18.0 Å². The lowest BCUT2D eigenvalue weighted by molar-refractivity contribution is -0.137. The number of anilines is 2. The Labute approximate surface area is 149 Å². The molecule has 0 unspecified atom stereocenters. The maximum atomic E-state index is 13.0. The van der Waals surface area contributed by atoms with Crippen LogP contribution in [0.15, 0.2) is 47.6 Å². The van der Waals surface area contributed by atoms with Crippen LogP contribution in [0.1, 0.15) is 21.5 Å². The maximum absolute atomic E-state index is 13.0. The summed E-state index contributed by atoms with van der Waals surface area (Å²) in [6.07, 6.45) is -3.02. The maximum Gasteiger partial charge on any atom is 0.416 e. The van der Waals surface area contributed by atoms with Gasteiger partial charge in [0.1, 0.15) is 7.11 Å². The van der Waals surface area contributed by atoms with Crippen molar-refractivity contribution >= 4 is 23.5 Å². The van der Waals surface area contributed by atoms with Gasteiger partial charge >= 0.3 is 6.18 Å². The molecule has 0 saturated carbocycles. The van der Waals surface area contributed by atoms with E-state index in [0.29, 0.717) is 11.3 Å². The van der Waals surface area contributed by atoms with Crippen LogP contribution in [-0.4, -0.2) is 33.3 Å². The number of carbonyl (C=O) groups is 1. The number of hydrogen-bond acceptors (Lipinski definition) is 4. The van der Waals surface area contributed by atoms with E-state index in [-0.39, 0.29) is 5.69 Å². The molecule has 0 aliphatic rings. The van der Waals surface area contributed by atoms with Crippen LogP contribution in [0.2, 0.25) is 0 Å². The van der Waals surface area contributed by atoms with Crippen LogP contribution in [0.4, 0.5) is 24.5 Å². The third kappa shape index (κ3) is 4.75. The summed E-state index contributed by atoms with van der Waals surface area (Å²) in [6, 6.07) is 9.63. The first-order chi connectivity index (χ1) is 12.2. The molecule has 0 bridgehead atoms. The minimum Gasteiger partial charge on any atom is -0.399 e.